The van der Waals surface area contributed by atoms with Crippen LogP contribution in [-0.2, 0) is 4.74 Å². The molecule has 7 heteroatoms. The molecule has 2 N–H and O–H groups in total. The summed E-state index contributed by atoms with van der Waals surface area (Å²) < 4.78 is 4.60. The first-order chi connectivity index (χ1) is 9.70. The van der Waals surface area contributed by atoms with E-state index in [4.69, 9.17) is 0 Å². The van der Waals surface area contributed by atoms with Crippen molar-refractivity contribution >= 4 is 28.3 Å². The molecule has 102 valence electrons. The molecule has 3 aromatic rings. The van der Waals surface area contributed by atoms with Gasteiger partial charge in [0.05, 0.1) is 18.1 Å². The van der Waals surface area contributed by atoms with Crippen molar-refractivity contribution in [2.75, 3.05) is 7.11 Å². The Kier molecular flexibility index (Phi) is 3.21. The molecule has 20 heavy (non-hydrogen) atoms. The molecule has 0 radical (unpaired) electrons. The minimum atomic E-state index is -0.929. The predicted molar refractivity (Wildman–Crippen MR) is 73.6 cm³/mol. The number of hydrogen-bond donors (Lipinski definition) is 2. The summed E-state index contributed by atoms with van der Waals surface area (Å²) in [6, 6.07) is 3.69. The van der Waals surface area contributed by atoms with E-state index in [9.17, 15) is 9.90 Å². The summed E-state index contributed by atoms with van der Waals surface area (Å²) in [7, 11) is 1.29. The number of aromatic amines is 1. The maximum absolute atomic E-state index is 11.4. The zero-order valence-electron chi connectivity index (χ0n) is 10.5. The van der Waals surface area contributed by atoms with Crippen LogP contribution in [0.3, 0.4) is 0 Å². The van der Waals surface area contributed by atoms with Crippen molar-refractivity contribution in [1.82, 2.24) is 15.0 Å². The minimum absolute atomic E-state index is 0.194. The Morgan fingerprint density at radius 1 is 1.55 bits per heavy atom. The van der Waals surface area contributed by atoms with Crippen LogP contribution in [0.5, 0.6) is 0 Å². The molecule has 0 aromatic carbocycles. The lowest BCUT2D eigenvalue weighted by molar-refractivity contribution is 0.0594. The molecule has 0 saturated carbocycles. The topological polar surface area (TPSA) is 88.1 Å². The Morgan fingerprint density at radius 2 is 2.40 bits per heavy atom. The van der Waals surface area contributed by atoms with Gasteiger partial charge >= 0.3 is 5.97 Å². The lowest BCUT2D eigenvalue weighted by Gasteiger charge is -2.05. The van der Waals surface area contributed by atoms with Gasteiger partial charge in [0, 0.05) is 23.3 Å². The number of carbonyl (C=O) groups is 1. The molecule has 1 unspecified atom stereocenters. The number of thiazole rings is 1. The average Bonchev–Trinajstić information content (AvgIpc) is 3.12. The van der Waals surface area contributed by atoms with Gasteiger partial charge in [-0.05, 0) is 12.1 Å². The number of ether oxygens (including phenoxy) is 1. The lowest BCUT2D eigenvalue weighted by Crippen LogP contribution is -2.04. The maximum atomic E-state index is 11.4. The standard InChI is InChI=1S/C13H11N3O3S/c1-19-13(18)9-6-20-12(16-9)11(17)7-5-15-8-3-2-4-14-10(7)8/h2-6,11,15,17H,1H3. The molecule has 0 saturated heterocycles. The van der Waals surface area contributed by atoms with E-state index >= 15 is 0 Å². The number of fused-ring (bicyclic) bond motifs is 1. The molecular formula is C13H11N3O3S. The van der Waals surface area contributed by atoms with Crippen LogP contribution in [0, 0.1) is 0 Å². The van der Waals surface area contributed by atoms with E-state index in [-0.39, 0.29) is 5.69 Å². The van der Waals surface area contributed by atoms with E-state index in [1.54, 1.807) is 17.8 Å². The highest BCUT2D eigenvalue weighted by atomic mass is 32.1. The monoisotopic (exact) mass is 289 g/mol. The molecule has 0 spiro atoms. The van der Waals surface area contributed by atoms with Gasteiger partial charge in [0.15, 0.2) is 5.69 Å². The highest BCUT2D eigenvalue weighted by molar-refractivity contribution is 7.09. The smallest absolute Gasteiger partial charge is 0.357 e. The fourth-order valence-electron chi connectivity index (χ4n) is 1.93. The number of aromatic nitrogens is 3. The van der Waals surface area contributed by atoms with Gasteiger partial charge < -0.3 is 14.8 Å². The van der Waals surface area contributed by atoms with Gasteiger partial charge in [0.2, 0.25) is 0 Å². The zero-order chi connectivity index (χ0) is 14.1. The summed E-state index contributed by atoms with van der Waals surface area (Å²) in [6.45, 7) is 0. The van der Waals surface area contributed by atoms with Crippen LogP contribution in [0.4, 0.5) is 0 Å². The predicted octanol–water partition coefficient (Wildman–Crippen LogP) is 1.89. The average molecular weight is 289 g/mol. The number of esters is 1. The third-order valence-electron chi connectivity index (χ3n) is 2.91. The molecule has 3 heterocycles. The maximum Gasteiger partial charge on any atom is 0.357 e. The van der Waals surface area contributed by atoms with Crippen molar-refractivity contribution in [3.63, 3.8) is 0 Å². The van der Waals surface area contributed by atoms with Gasteiger partial charge in [-0.2, -0.15) is 0 Å². The first-order valence-corrected chi connectivity index (χ1v) is 6.72. The quantitative estimate of drug-likeness (QED) is 0.719. The van der Waals surface area contributed by atoms with Crippen molar-refractivity contribution in [3.05, 3.63) is 46.2 Å². The van der Waals surface area contributed by atoms with Crippen LogP contribution in [-0.4, -0.2) is 33.1 Å². The van der Waals surface area contributed by atoms with Crippen molar-refractivity contribution in [2.24, 2.45) is 0 Å². The highest BCUT2D eigenvalue weighted by Crippen LogP contribution is 2.29. The van der Waals surface area contributed by atoms with Gasteiger partial charge in [0.25, 0.3) is 0 Å². The summed E-state index contributed by atoms with van der Waals surface area (Å²) in [5, 5.41) is 12.4. The second kappa shape index (κ2) is 5.03. The van der Waals surface area contributed by atoms with Crippen LogP contribution in [0.1, 0.15) is 27.2 Å². The molecule has 0 fully saturated rings. The third kappa shape index (κ3) is 2.06. The van der Waals surface area contributed by atoms with Crippen molar-refractivity contribution in [2.45, 2.75) is 6.10 Å². The second-order valence-corrected chi connectivity index (χ2v) is 5.00. The van der Waals surface area contributed by atoms with E-state index in [0.717, 1.165) is 5.52 Å². The first-order valence-electron chi connectivity index (χ1n) is 5.84. The summed E-state index contributed by atoms with van der Waals surface area (Å²) >= 11 is 1.20. The van der Waals surface area contributed by atoms with E-state index < -0.39 is 12.1 Å². The van der Waals surface area contributed by atoms with Gasteiger partial charge in [0.1, 0.15) is 11.1 Å². The van der Waals surface area contributed by atoms with Crippen molar-refractivity contribution in [1.29, 1.82) is 0 Å². The number of methoxy groups -OCH3 is 1. The molecule has 1 atom stereocenters. The number of aliphatic hydroxyl groups excluding tert-OH is 1. The van der Waals surface area contributed by atoms with Crippen LogP contribution in [0.25, 0.3) is 11.0 Å². The van der Waals surface area contributed by atoms with Gasteiger partial charge in [-0.15, -0.1) is 11.3 Å². The first kappa shape index (κ1) is 12.8. The van der Waals surface area contributed by atoms with Gasteiger partial charge in [-0.1, -0.05) is 0 Å². The number of hydrogen-bond acceptors (Lipinski definition) is 6. The summed E-state index contributed by atoms with van der Waals surface area (Å²) in [4.78, 5) is 22.7. The van der Waals surface area contributed by atoms with Crippen LogP contribution >= 0.6 is 11.3 Å². The number of aliphatic hydroxyl groups is 1. The largest absolute Gasteiger partial charge is 0.464 e. The SMILES string of the molecule is COC(=O)c1csc(C(O)c2c[nH]c3cccnc23)n1. The molecule has 0 amide bonds. The van der Waals surface area contributed by atoms with Crippen molar-refractivity contribution < 1.29 is 14.6 Å². The molecule has 0 aliphatic rings. The Bertz CT molecular complexity index is 765. The van der Waals surface area contributed by atoms with E-state index in [1.165, 1.54) is 18.4 Å². The number of carbonyl (C=O) groups excluding carboxylic acids is 1. The molecule has 3 rings (SSSR count). The third-order valence-corrected chi connectivity index (χ3v) is 3.81. The fraction of sp³-hybridized carbons (Fsp3) is 0.154. The molecule has 0 aliphatic heterocycles. The Labute approximate surface area is 118 Å². The summed E-state index contributed by atoms with van der Waals surface area (Å²) in [6.07, 6.45) is 2.43. The molecule has 0 bridgehead atoms. The van der Waals surface area contributed by atoms with E-state index in [2.05, 4.69) is 19.7 Å². The number of nitrogens with one attached hydrogen (secondary N) is 1. The Morgan fingerprint density at radius 3 is 3.20 bits per heavy atom. The Balaban J connectivity index is 1.98. The zero-order valence-corrected chi connectivity index (χ0v) is 11.3. The Hall–Kier alpha value is -2.25. The molecule has 0 aliphatic carbocycles. The number of pyridine rings is 1. The van der Waals surface area contributed by atoms with Crippen molar-refractivity contribution in [3.8, 4) is 0 Å². The van der Waals surface area contributed by atoms with E-state index in [1.807, 2.05) is 12.1 Å². The molecule has 6 nitrogen and oxygen atoms in total. The normalized spacial score (nSPS) is 12.5. The molecular weight excluding hydrogens is 278 g/mol. The van der Waals surface area contributed by atoms with Gasteiger partial charge in [-0.25, -0.2) is 9.78 Å². The summed E-state index contributed by atoms with van der Waals surface area (Å²) in [5.41, 5.74) is 2.35. The number of nitrogens with zero attached hydrogens (tertiary/aromatic N) is 2. The minimum Gasteiger partial charge on any atom is -0.464 e. The molecule has 3 aromatic heterocycles. The second-order valence-electron chi connectivity index (χ2n) is 4.11. The fourth-order valence-corrected chi connectivity index (χ4v) is 2.72. The van der Waals surface area contributed by atoms with Gasteiger partial charge in [-0.3, -0.25) is 4.98 Å². The number of rotatable bonds is 3. The van der Waals surface area contributed by atoms with Crippen LogP contribution in [0.15, 0.2) is 29.9 Å². The van der Waals surface area contributed by atoms with Crippen LogP contribution in [0.2, 0.25) is 0 Å². The van der Waals surface area contributed by atoms with Crippen LogP contribution < -0.4 is 0 Å². The number of H-pyrrole nitrogens is 1. The highest BCUT2D eigenvalue weighted by Gasteiger charge is 2.21. The lowest BCUT2D eigenvalue weighted by atomic mass is 10.1. The summed E-state index contributed by atoms with van der Waals surface area (Å²) in [5.74, 6) is -0.517. The van der Waals surface area contributed by atoms with E-state index in [0.29, 0.717) is 16.1 Å².